The summed E-state index contributed by atoms with van der Waals surface area (Å²) in [5.74, 6) is 5.35. The number of amidine groups is 1. The molecule has 0 aliphatic carbocycles. The largest absolute Gasteiger partial charge is 0.322 e. The van der Waals surface area contributed by atoms with Crippen molar-refractivity contribution in [2.75, 3.05) is 0 Å². The van der Waals surface area contributed by atoms with Crippen molar-refractivity contribution in [1.29, 1.82) is 0 Å². The van der Waals surface area contributed by atoms with E-state index < -0.39 is 0 Å². The molecule has 0 aromatic carbocycles. The average Bonchev–Trinajstić information content (AvgIpc) is 1.93. The molecule has 0 bridgehead atoms. The summed E-state index contributed by atoms with van der Waals surface area (Å²) in [6.07, 6.45) is 0. The second kappa shape index (κ2) is 10.0. The second-order valence-electron chi connectivity index (χ2n) is 0.984. The quantitative estimate of drug-likeness (QED) is 0.235. The van der Waals surface area contributed by atoms with Crippen LogP contribution in [0.25, 0.3) is 0 Å². The van der Waals surface area contributed by atoms with Gasteiger partial charge in [0.2, 0.25) is 0 Å². The first kappa shape index (κ1) is 10.8. The normalized spacial score (nSPS) is 9.00. The maximum atomic E-state index is 4.80. The summed E-state index contributed by atoms with van der Waals surface area (Å²) >= 11 is 0. The molecule has 0 aromatic heterocycles. The molecule has 0 amide bonds. The number of hydrogen-bond acceptors (Lipinski definition) is 3. The highest BCUT2D eigenvalue weighted by atomic mass is 15.3. The minimum Gasteiger partial charge on any atom is -0.322 e. The fourth-order valence-corrected chi connectivity index (χ4v) is 0.143. The van der Waals surface area contributed by atoms with Crippen LogP contribution in [-0.4, -0.2) is 12.6 Å². The van der Waals surface area contributed by atoms with Gasteiger partial charge in [-0.25, -0.2) is 0 Å². The highest BCUT2D eigenvalue weighted by Gasteiger charge is 1.76. The van der Waals surface area contributed by atoms with Gasteiger partial charge in [-0.2, -0.15) is 10.2 Å². The van der Waals surface area contributed by atoms with Crippen LogP contribution in [0.4, 0.5) is 0 Å². The van der Waals surface area contributed by atoms with Crippen molar-refractivity contribution in [2.45, 2.75) is 20.8 Å². The van der Waals surface area contributed by atoms with Gasteiger partial charge >= 0.3 is 0 Å². The predicted octanol–water partition coefficient (Wildman–Crippen LogP) is 0.510. The highest BCUT2D eigenvalue weighted by molar-refractivity contribution is 5.78. The molecule has 4 nitrogen and oxygen atoms in total. The van der Waals surface area contributed by atoms with E-state index in [4.69, 9.17) is 5.84 Å². The Balaban J connectivity index is 0. The zero-order valence-electron chi connectivity index (χ0n) is 6.18. The molecule has 4 heteroatoms. The van der Waals surface area contributed by atoms with Gasteiger partial charge in [0.25, 0.3) is 0 Å². The molecule has 0 spiro atoms. The zero-order valence-corrected chi connectivity index (χ0v) is 6.18. The Labute approximate surface area is 55.8 Å². The molecule has 0 saturated carbocycles. The van der Waals surface area contributed by atoms with E-state index in [0.717, 1.165) is 0 Å². The molecule has 0 aromatic rings. The molecule has 0 aliphatic rings. The minimum absolute atomic E-state index is 0.551. The summed E-state index contributed by atoms with van der Waals surface area (Å²) in [4.78, 5) is 0. The SMILES string of the molecule is C=NN/C(C)=N\N.CC. The lowest BCUT2D eigenvalue weighted by Gasteiger charge is -1.90. The Morgan fingerprint density at radius 2 is 2.00 bits per heavy atom. The second-order valence-corrected chi connectivity index (χ2v) is 0.984. The van der Waals surface area contributed by atoms with Crippen LogP contribution in [0.2, 0.25) is 0 Å². The smallest absolute Gasteiger partial charge is 0.138 e. The van der Waals surface area contributed by atoms with Gasteiger partial charge in [0.05, 0.1) is 0 Å². The first-order valence-electron chi connectivity index (χ1n) is 2.77. The van der Waals surface area contributed by atoms with Crippen molar-refractivity contribution in [2.24, 2.45) is 16.0 Å². The van der Waals surface area contributed by atoms with E-state index in [9.17, 15) is 0 Å². The summed E-state index contributed by atoms with van der Waals surface area (Å²) in [5, 5.41) is 6.55. The minimum atomic E-state index is 0.551. The summed E-state index contributed by atoms with van der Waals surface area (Å²) in [7, 11) is 0. The fourth-order valence-electron chi connectivity index (χ4n) is 0.143. The average molecular weight is 130 g/mol. The number of nitrogens with zero attached hydrogens (tertiary/aromatic N) is 2. The van der Waals surface area contributed by atoms with Gasteiger partial charge in [-0.05, 0) is 6.92 Å². The van der Waals surface area contributed by atoms with Crippen LogP contribution in [0, 0.1) is 0 Å². The van der Waals surface area contributed by atoms with Crippen LogP contribution in [0.15, 0.2) is 10.2 Å². The Kier molecular flexibility index (Phi) is 12.1. The summed E-state index contributed by atoms with van der Waals surface area (Å²) in [6.45, 7) is 8.84. The number of hydrogen-bond donors (Lipinski definition) is 2. The van der Waals surface area contributed by atoms with Gasteiger partial charge in [0, 0.05) is 6.72 Å². The molecular formula is C5H14N4. The summed E-state index contributed by atoms with van der Waals surface area (Å²) in [6, 6.07) is 0. The number of nitrogens with one attached hydrogen (secondary N) is 1. The Morgan fingerprint density at radius 1 is 1.56 bits per heavy atom. The first-order valence-corrected chi connectivity index (χ1v) is 2.77. The van der Waals surface area contributed by atoms with Crippen molar-refractivity contribution in [3.63, 3.8) is 0 Å². The monoisotopic (exact) mass is 130 g/mol. The predicted molar refractivity (Wildman–Crippen MR) is 41.3 cm³/mol. The first-order chi connectivity index (χ1) is 4.31. The van der Waals surface area contributed by atoms with Crippen molar-refractivity contribution >= 4 is 12.6 Å². The molecule has 0 radical (unpaired) electrons. The molecule has 0 atom stereocenters. The molecule has 0 aliphatic heterocycles. The van der Waals surface area contributed by atoms with Crippen molar-refractivity contribution < 1.29 is 0 Å². The maximum Gasteiger partial charge on any atom is 0.138 e. The Bertz CT molecular complexity index is 87.0. The number of nitrogens with two attached hydrogens (primary N) is 1. The van der Waals surface area contributed by atoms with Gasteiger partial charge in [-0.1, -0.05) is 13.8 Å². The van der Waals surface area contributed by atoms with E-state index >= 15 is 0 Å². The molecule has 0 fully saturated rings. The van der Waals surface area contributed by atoms with Gasteiger partial charge in [0.1, 0.15) is 5.84 Å². The fraction of sp³-hybridized carbons (Fsp3) is 0.600. The van der Waals surface area contributed by atoms with Gasteiger partial charge < -0.3 is 5.84 Å². The van der Waals surface area contributed by atoms with Gasteiger partial charge in [0.15, 0.2) is 0 Å². The van der Waals surface area contributed by atoms with Crippen LogP contribution in [0.3, 0.4) is 0 Å². The van der Waals surface area contributed by atoms with E-state index in [1.807, 2.05) is 13.8 Å². The van der Waals surface area contributed by atoms with Crippen LogP contribution < -0.4 is 11.3 Å². The third-order valence-electron chi connectivity index (χ3n) is 0.435. The lowest BCUT2D eigenvalue weighted by molar-refractivity contribution is 1.01. The molecule has 3 N–H and O–H groups in total. The van der Waals surface area contributed by atoms with Crippen LogP contribution >= 0.6 is 0 Å². The molecular weight excluding hydrogens is 116 g/mol. The molecule has 9 heavy (non-hydrogen) atoms. The summed E-state index contributed by atoms with van der Waals surface area (Å²) < 4.78 is 0. The van der Waals surface area contributed by atoms with E-state index in [2.05, 4.69) is 22.3 Å². The van der Waals surface area contributed by atoms with E-state index in [0.29, 0.717) is 5.84 Å². The number of hydrazone groups is 2. The Morgan fingerprint density at radius 3 is 2.11 bits per heavy atom. The van der Waals surface area contributed by atoms with Crippen molar-refractivity contribution in [3.8, 4) is 0 Å². The van der Waals surface area contributed by atoms with Gasteiger partial charge in [-0.15, -0.1) is 0 Å². The van der Waals surface area contributed by atoms with Crippen LogP contribution in [0.5, 0.6) is 0 Å². The van der Waals surface area contributed by atoms with E-state index in [1.165, 1.54) is 0 Å². The van der Waals surface area contributed by atoms with E-state index in [1.54, 1.807) is 6.92 Å². The highest BCUT2D eigenvalue weighted by Crippen LogP contribution is 1.60. The lowest BCUT2D eigenvalue weighted by Crippen LogP contribution is -2.13. The van der Waals surface area contributed by atoms with Crippen molar-refractivity contribution in [3.05, 3.63) is 0 Å². The molecule has 54 valence electrons. The third kappa shape index (κ3) is 10.9. The topological polar surface area (TPSA) is 62.8 Å². The maximum absolute atomic E-state index is 4.80. The number of rotatable bonds is 1. The van der Waals surface area contributed by atoms with E-state index in [-0.39, 0.29) is 0 Å². The van der Waals surface area contributed by atoms with Crippen molar-refractivity contribution in [1.82, 2.24) is 5.43 Å². The molecule has 0 heterocycles. The van der Waals surface area contributed by atoms with Crippen LogP contribution in [0.1, 0.15) is 20.8 Å². The molecule has 0 rings (SSSR count). The van der Waals surface area contributed by atoms with Crippen LogP contribution in [-0.2, 0) is 0 Å². The molecule has 0 unspecified atom stereocenters. The molecule has 0 saturated heterocycles. The lowest BCUT2D eigenvalue weighted by atomic mass is 10.7. The zero-order chi connectivity index (χ0) is 7.70. The standard InChI is InChI=1S/C3H8N4.C2H6/c1-3(6-4)7-5-2;1-2/h2,4H2,1H3,(H,6,7);1-2H3. The van der Waals surface area contributed by atoms with Gasteiger partial charge in [-0.3, -0.25) is 5.43 Å². The summed E-state index contributed by atoms with van der Waals surface area (Å²) in [5.41, 5.74) is 2.43. The third-order valence-corrected chi connectivity index (χ3v) is 0.435. The Hall–Kier alpha value is -1.06.